The first-order valence-corrected chi connectivity index (χ1v) is 9.58. The molecule has 1 saturated heterocycles. The summed E-state index contributed by atoms with van der Waals surface area (Å²) in [6.45, 7) is 4.67. The SMILES string of the molecule is COCC[C@H]1CCCCN1Cc1nc(-c2cc(OC)ccc2OC)oc1C. The normalized spacial score (nSPS) is 17.9. The number of oxazole rings is 1. The average Bonchev–Trinajstić information content (AvgIpc) is 3.07. The summed E-state index contributed by atoms with van der Waals surface area (Å²) >= 11 is 0. The van der Waals surface area contributed by atoms with Crippen molar-refractivity contribution in [1.82, 2.24) is 9.88 Å². The molecular formula is C21H30N2O4. The van der Waals surface area contributed by atoms with Crippen LogP contribution in [0, 0.1) is 6.92 Å². The summed E-state index contributed by atoms with van der Waals surface area (Å²) in [7, 11) is 5.06. The first kappa shape index (κ1) is 19.7. The van der Waals surface area contributed by atoms with Crippen molar-refractivity contribution in [3.63, 3.8) is 0 Å². The van der Waals surface area contributed by atoms with Gasteiger partial charge in [-0.15, -0.1) is 0 Å². The Morgan fingerprint density at radius 1 is 1.19 bits per heavy atom. The number of ether oxygens (including phenoxy) is 3. The molecule has 0 radical (unpaired) electrons. The molecule has 0 amide bonds. The van der Waals surface area contributed by atoms with E-state index < -0.39 is 0 Å². The molecule has 0 aliphatic carbocycles. The third-order valence-corrected chi connectivity index (χ3v) is 5.29. The summed E-state index contributed by atoms with van der Waals surface area (Å²) in [6, 6.07) is 6.19. The molecule has 1 atom stereocenters. The minimum Gasteiger partial charge on any atom is -0.497 e. The van der Waals surface area contributed by atoms with Gasteiger partial charge in [-0.2, -0.15) is 0 Å². The Kier molecular flexibility index (Phi) is 6.74. The van der Waals surface area contributed by atoms with Gasteiger partial charge in [-0.3, -0.25) is 4.90 Å². The molecule has 1 aromatic heterocycles. The van der Waals surface area contributed by atoms with Gasteiger partial charge in [0.15, 0.2) is 0 Å². The Morgan fingerprint density at radius 3 is 2.78 bits per heavy atom. The predicted molar refractivity (Wildman–Crippen MR) is 104 cm³/mol. The second-order valence-electron chi connectivity index (χ2n) is 6.99. The van der Waals surface area contributed by atoms with E-state index >= 15 is 0 Å². The van der Waals surface area contributed by atoms with Crippen LogP contribution in [0.1, 0.15) is 37.1 Å². The Balaban J connectivity index is 1.82. The van der Waals surface area contributed by atoms with Crippen molar-refractivity contribution >= 4 is 0 Å². The maximum absolute atomic E-state index is 6.00. The largest absolute Gasteiger partial charge is 0.497 e. The molecule has 2 heterocycles. The van der Waals surface area contributed by atoms with Crippen LogP contribution in [0.5, 0.6) is 11.5 Å². The molecule has 0 bridgehead atoms. The number of hydrogen-bond donors (Lipinski definition) is 0. The van der Waals surface area contributed by atoms with E-state index in [4.69, 9.17) is 23.6 Å². The lowest BCUT2D eigenvalue weighted by Gasteiger charge is -2.35. The Labute approximate surface area is 161 Å². The molecule has 0 saturated carbocycles. The van der Waals surface area contributed by atoms with Crippen LogP contribution in [-0.2, 0) is 11.3 Å². The zero-order valence-electron chi connectivity index (χ0n) is 16.8. The van der Waals surface area contributed by atoms with Crippen molar-refractivity contribution in [2.45, 2.75) is 45.2 Å². The highest BCUT2D eigenvalue weighted by Crippen LogP contribution is 2.34. The second kappa shape index (κ2) is 9.24. The third kappa shape index (κ3) is 4.62. The van der Waals surface area contributed by atoms with Crippen molar-refractivity contribution in [3.8, 4) is 23.0 Å². The van der Waals surface area contributed by atoms with Crippen LogP contribution in [0.15, 0.2) is 22.6 Å². The minimum absolute atomic E-state index is 0.546. The summed E-state index contributed by atoms with van der Waals surface area (Å²) in [4.78, 5) is 7.31. The van der Waals surface area contributed by atoms with Crippen LogP contribution in [0.25, 0.3) is 11.5 Å². The molecule has 6 nitrogen and oxygen atoms in total. The predicted octanol–water partition coefficient (Wildman–Crippen LogP) is 4.06. The number of benzene rings is 1. The van der Waals surface area contributed by atoms with E-state index in [2.05, 4.69) is 4.90 Å². The number of aromatic nitrogens is 1. The highest BCUT2D eigenvalue weighted by Gasteiger charge is 2.25. The van der Waals surface area contributed by atoms with Gasteiger partial charge in [-0.1, -0.05) is 6.42 Å². The molecule has 1 fully saturated rings. The van der Waals surface area contributed by atoms with Crippen LogP contribution in [0.3, 0.4) is 0 Å². The first-order chi connectivity index (χ1) is 13.2. The number of rotatable bonds is 8. The van der Waals surface area contributed by atoms with Gasteiger partial charge in [0.1, 0.15) is 17.3 Å². The van der Waals surface area contributed by atoms with E-state index in [1.807, 2.05) is 25.1 Å². The van der Waals surface area contributed by atoms with Gasteiger partial charge < -0.3 is 18.6 Å². The van der Waals surface area contributed by atoms with Gasteiger partial charge in [-0.25, -0.2) is 4.98 Å². The number of piperidine rings is 1. The Bertz CT molecular complexity index is 744. The number of likely N-dealkylation sites (tertiary alicyclic amines) is 1. The van der Waals surface area contributed by atoms with Crippen molar-refractivity contribution in [3.05, 3.63) is 29.7 Å². The topological polar surface area (TPSA) is 57.0 Å². The summed E-state index contributed by atoms with van der Waals surface area (Å²) in [5.74, 6) is 2.90. The fraction of sp³-hybridized carbons (Fsp3) is 0.571. The lowest BCUT2D eigenvalue weighted by molar-refractivity contribution is 0.0961. The van der Waals surface area contributed by atoms with E-state index in [1.54, 1.807) is 21.3 Å². The Morgan fingerprint density at radius 2 is 2.04 bits per heavy atom. The maximum Gasteiger partial charge on any atom is 0.230 e. The molecule has 3 rings (SSSR count). The number of nitrogens with zero attached hydrogens (tertiary/aromatic N) is 2. The number of methoxy groups -OCH3 is 3. The zero-order valence-corrected chi connectivity index (χ0v) is 16.8. The second-order valence-corrected chi connectivity index (χ2v) is 6.99. The minimum atomic E-state index is 0.546. The Hall–Kier alpha value is -2.05. The third-order valence-electron chi connectivity index (χ3n) is 5.29. The van der Waals surface area contributed by atoms with Gasteiger partial charge in [-0.05, 0) is 50.9 Å². The molecule has 0 spiro atoms. The quantitative estimate of drug-likeness (QED) is 0.695. The van der Waals surface area contributed by atoms with Gasteiger partial charge in [0, 0.05) is 26.3 Å². The highest BCUT2D eigenvalue weighted by molar-refractivity contribution is 5.65. The molecule has 0 unspecified atom stereocenters. The van der Waals surface area contributed by atoms with Crippen molar-refractivity contribution < 1.29 is 18.6 Å². The molecule has 27 heavy (non-hydrogen) atoms. The van der Waals surface area contributed by atoms with Crippen molar-refractivity contribution in [2.75, 3.05) is 34.5 Å². The maximum atomic E-state index is 6.00. The first-order valence-electron chi connectivity index (χ1n) is 9.58. The lowest BCUT2D eigenvalue weighted by Crippen LogP contribution is -2.39. The van der Waals surface area contributed by atoms with Gasteiger partial charge in [0.2, 0.25) is 5.89 Å². The molecule has 6 heteroatoms. The lowest BCUT2D eigenvalue weighted by atomic mass is 9.99. The molecule has 1 aliphatic rings. The summed E-state index contributed by atoms with van der Waals surface area (Å²) in [5.41, 5.74) is 1.79. The molecule has 148 valence electrons. The summed E-state index contributed by atoms with van der Waals surface area (Å²) in [6.07, 6.45) is 4.80. The van der Waals surface area contributed by atoms with E-state index in [-0.39, 0.29) is 0 Å². The van der Waals surface area contributed by atoms with Crippen molar-refractivity contribution in [1.29, 1.82) is 0 Å². The molecule has 1 aromatic carbocycles. The molecule has 1 aliphatic heterocycles. The van der Waals surface area contributed by atoms with Crippen LogP contribution in [0.4, 0.5) is 0 Å². The van der Waals surface area contributed by atoms with Gasteiger partial charge in [0.05, 0.1) is 25.5 Å². The van der Waals surface area contributed by atoms with E-state index in [1.165, 1.54) is 19.3 Å². The smallest absolute Gasteiger partial charge is 0.230 e. The standard InChI is InChI=1S/C21H30N2O4/c1-15-19(14-23-11-6-5-7-16(23)10-12-24-2)22-21(27-15)18-13-17(25-3)8-9-20(18)26-4/h8-9,13,16H,5-7,10-12,14H2,1-4H3/t16-/m1/s1. The van der Waals surface area contributed by atoms with Gasteiger partial charge in [0.25, 0.3) is 0 Å². The molecule has 2 aromatic rings. The monoisotopic (exact) mass is 374 g/mol. The zero-order chi connectivity index (χ0) is 19.2. The average molecular weight is 374 g/mol. The van der Waals surface area contributed by atoms with E-state index in [0.717, 1.165) is 54.6 Å². The number of aryl methyl sites for hydroxylation is 1. The fourth-order valence-corrected chi connectivity index (χ4v) is 3.71. The summed E-state index contributed by atoms with van der Waals surface area (Å²) in [5, 5.41) is 0. The van der Waals surface area contributed by atoms with E-state index in [0.29, 0.717) is 11.9 Å². The molecular weight excluding hydrogens is 344 g/mol. The van der Waals surface area contributed by atoms with Crippen LogP contribution < -0.4 is 9.47 Å². The molecule has 0 N–H and O–H groups in total. The van der Waals surface area contributed by atoms with E-state index in [9.17, 15) is 0 Å². The van der Waals surface area contributed by atoms with Gasteiger partial charge >= 0.3 is 0 Å². The highest BCUT2D eigenvalue weighted by atomic mass is 16.5. The summed E-state index contributed by atoms with van der Waals surface area (Å²) < 4.78 is 22.1. The fourth-order valence-electron chi connectivity index (χ4n) is 3.71. The number of hydrogen-bond acceptors (Lipinski definition) is 6. The van der Waals surface area contributed by atoms with Crippen molar-refractivity contribution in [2.24, 2.45) is 0 Å². The van der Waals surface area contributed by atoms with Crippen LogP contribution in [0.2, 0.25) is 0 Å². The van der Waals surface area contributed by atoms with Crippen LogP contribution >= 0.6 is 0 Å². The van der Waals surface area contributed by atoms with Crippen LogP contribution in [-0.4, -0.2) is 50.4 Å².